The predicted molar refractivity (Wildman–Crippen MR) is 114 cm³/mol. The Labute approximate surface area is 180 Å². The van der Waals surface area contributed by atoms with Gasteiger partial charge in [-0.1, -0.05) is 12.1 Å². The number of hydrogen-bond donors (Lipinski definition) is 1. The number of rotatable bonds is 8. The molecule has 0 saturated carbocycles. The maximum atomic E-state index is 9.92. The van der Waals surface area contributed by atoms with Crippen molar-refractivity contribution in [3.63, 3.8) is 0 Å². The van der Waals surface area contributed by atoms with Crippen LogP contribution in [0.1, 0.15) is 17.5 Å². The molecule has 30 heavy (non-hydrogen) atoms. The van der Waals surface area contributed by atoms with Gasteiger partial charge < -0.3 is 19.5 Å². The maximum absolute atomic E-state index is 9.92. The average molecular weight is 423 g/mol. The lowest BCUT2D eigenvalue weighted by Crippen LogP contribution is -2.32. The molecule has 2 aliphatic heterocycles. The molecule has 2 aliphatic rings. The average Bonchev–Trinajstić information content (AvgIpc) is 2.71. The third-order valence-corrected chi connectivity index (χ3v) is 6.37. The lowest BCUT2D eigenvalue weighted by Gasteiger charge is -2.26. The second-order valence-electron chi connectivity index (χ2n) is 7.20. The highest BCUT2D eigenvalue weighted by Crippen LogP contribution is 2.38. The molecule has 0 spiro atoms. The first-order valence-corrected chi connectivity index (χ1v) is 10.8. The number of anilines is 1. The van der Waals surface area contributed by atoms with Gasteiger partial charge in [0.1, 0.15) is 40.9 Å². The van der Waals surface area contributed by atoms with E-state index in [9.17, 15) is 10.5 Å². The van der Waals surface area contributed by atoms with E-state index in [0.717, 1.165) is 43.3 Å². The van der Waals surface area contributed by atoms with E-state index in [-0.39, 0.29) is 6.10 Å². The Balaban J connectivity index is 1.65. The van der Waals surface area contributed by atoms with E-state index in [1.165, 1.54) is 11.8 Å². The van der Waals surface area contributed by atoms with Gasteiger partial charge in [0.05, 0.1) is 24.9 Å². The summed E-state index contributed by atoms with van der Waals surface area (Å²) in [6.45, 7) is 2.80. The number of nitrogens with one attached hydrogen (secondary N) is 1. The maximum Gasteiger partial charge on any atom is 0.145 e. The van der Waals surface area contributed by atoms with E-state index in [1.807, 2.05) is 24.3 Å². The first kappa shape index (κ1) is 20.5. The van der Waals surface area contributed by atoms with Crippen molar-refractivity contribution in [3.05, 3.63) is 35.4 Å². The molecule has 0 bridgehead atoms. The van der Waals surface area contributed by atoms with Crippen LogP contribution in [0, 0.1) is 28.6 Å². The van der Waals surface area contributed by atoms with Gasteiger partial charge in [0.25, 0.3) is 0 Å². The van der Waals surface area contributed by atoms with Gasteiger partial charge in [0.15, 0.2) is 0 Å². The summed E-state index contributed by atoms with van der Waals surface area (Å²) < 4.78 is 16.4. The Morgan fingerprint density at radius 3 is 2.47 bits per heavy atom. The van der Waals surface area contributed by atoms with Crippen LogP contribution in [0.25, 0.3) is 11.1 Å². The first-order chi connectivity index (χ1) is 14.7. The van der Waals surface area contributed by atoms with E-state index >= 15 is 0 Å². The molecule has 1 aromatic heterocycles. The Morgan fingerprint density at radius 1 is 1.20 bits per heavy atom. The molecule has 1 N–H and O–H groups in total. The van der Waals surface area contributed by atoms with E-state index < -0.39 is 0 Å². The molecule has 0 amide bonds. The minimum absolute atomic E-state index is 0.166. The third kappa shape index (κ3) is 4.22. The van der Waals surface area contributed by atoms with Gasteiger partial charge in [-0.15, -0.1) is 11.8 Å². The highest BCUT2D eigenvalue weighted by Gasteiger charge is 2.24. The summed E-state index contributed by atoms with van der Waals surface area (Å²) >= 11 is 1.53. The summed E-state index contributed by atoms with van der Waals surface area (Å²) in [7, 11) is 1.73. The first-order valence-electron chi connectivity index (χ1n) is 9.84. The Hall–Kier alpha value is -2.78. The van der Waals surface area contributed by atoms with E-state index in [0.29, 0.717) is 40.1 Å². The standard InChI is InChI=1S/C22H22N4O3S/c1-25-21-18(8-23)20(19(9-24)22(26-21)30-13-14-10-27-11-14)15-2-4-16(5-3-15)29-12-17-6-7-28-17/h2-5,14,17H,6-7,10-13H2,1H3,(H,25,26)/t17-/m1/s1. The smallest absolute Gasteiger partial charge is 0.145 e. The van der Waals surface area contributed by atoms with Gasteiger partial charge in [0.2, 0.25) is 0 Å². The zero-order valence-electron chi connectivity index (χ0n) is 16.7. The van der Waals surface area contributed by atoms with Crippen LogP contribution in [-0.4, -0.2) is 50.3 Å². The quantitative estimate of drug-likeness (QED) is 0.646. The van der Waals surface area contributed by atoms with Gasteiger partial charge >= 0.3 is 0 Å². The minimum atomic E-state index is 0.166. The van der Waals surface area contributed by atoms with Crippen LogP contribution in [0.3, 0.4) is 0 Å². The molecule has 1 atom stereocenters. The zero-order chi connectivity index (χ0) is 20.9. The van der Waals surface area contributed by atoms with Crippen molar-refractivity contribution in [2.24, 2.45) is 5.92 Å². The number of benzene rings is 1. The van der Waals surface area contributed by atoms with Crippen molar-refractivity contribution in [1.82, 2.24) is 4.98 Å². The molecule has 4 rings (SSSR count). The fourth-order valence-corrected chi connectivity index (χ4v) is 4.28. The lowest BCUT2D eigenvalue weighted by atomic mass is 9.96. The zero-order valence-corrected chi connectivity index (χ0v) is 17.5. The number of nitrogens with zero attached hydrogens (tertiary/aromatic N) is 3. The van der Waals surface area contributed by atoms with E-state index in [2.05, 4.69) is 22.4 Å². The number of pyridine rings is 1. The lowest BCUT2D eigenvalue weighted by molar-refractivity contribution is -0.0720. The fraction of sp³-hybridized carbons (Fsp3) is 0.409. The summed E-state index contributed by atoms with van der Waals surface area (Å²) in [5.41, 5.74) is 2.16. The van der Waals surface area contributed by atoms with Crippen LogP contribution in [0.2, 0.25) is 0 Å². The molecule has 2 fully saturated rings. The number of thioether (sulfide) groups is 1. The van der Waals surface area contributed by atoms with Crippen molar-refractivity contribution in [2.75, 3.05) is 44.5 Å². The van der Waals surface area contributed by atoms with Crippen molar-refractivity contribution < 1.29 is 14.2 Å². The van der Waals surface area contributed by atoms with Crippen molar-refractivity contribution in [3.8, 4) is 29.0 Å². The predicted octanol–water partition coefficient (Wildman–Crippen LogP) is 3.44. The molecule has 7 nitrogen and oxygen atoms in total. The Morgan fingerprint density at radius 2 is 1.93 bits per heavy atom. The van der Waals surface area contributed by atoms with Crippen molar-refractivity contribution in [2.45, 2.75) is 17.6 Å². The summed E-state index contributed by atoms with van der Waals surface area (Å²) in [5, 5.41) is 23.3. The van der Waals surface area contributed by atoms with Crippen LogP contribution in [0.15, 0.2) is 29.3 Å². The largest absolute Gasteiger partial charge is 0.491 e. The Bertz CT molecular complexity index is 989. The highest BCUT2D eigenvalue weighted by molar-refractivity contribution is 7.99. The highest BCUT2D eigenvalue weighted by atomic mass is 32.2. The van der Waals surface area contributed by atoms with E-state index in [4.69, 9.17) is 14.2 Å². The summed E-state index contributed by atoms with van der Waals surface area (Å²) in [6.07, 6.45) is 1.19. The molecule has 1 aromatic carbocycles. The summed E-state index contributed by atoms with van der Waals surface area (Å²) in [6, 6.07) is 12.0. The van der Waals surface area contributed by atoms with Crippen LogP contribution in [0.5, 0.6) is 5.75 Å². The van der Waals surface area contributed by atoms with Gasteiger partial charge in [-0.25, -0.2) is 4.98 Å². The Kier molecular flexibility index (Phi) is 6.39. The molecule has 2 aromatic rings. The topological polar surface area (TPSA) is 100 Å². The monoisotopic (exact) mass is 422 g/mol. The number of hydrogen-bond acceptors (Lipinski definition) is 8. The van der Waals surface area contributed by atoms with Gasteiger partial charge in [-0.3, -0.25) is 0 Å². The molecule has 0 aliphatic carbocycles. The minimum Gasteiger partial charge on any atom is -0.491 e. The van der Waals surface area contributed by atoms with Gasteiger partial charge in [-0.2, -0.15) is 10.5 Å². The molecular weight excluding hydrogens is 400 g/mol. The normalized spacial score (nSPS) is 17.9. The number of nitriles is 2. The number of aromatic nitrogens is 1. The molecule has 8 heteroatoms. The second-order valence-corrected chi connectivity index (χ2v) is 8.20. The molecule has 2 saturated heterocycles. The van der Waals surface area contributed by atoms with Crippen molar-refractivity contribution >= 4 is 17.6 Å². The van der Waals surface area contributed by atoms with Crippen LogP contribution < -0.4 is 10.1 Å². The molecule has 154 valence electrons. The van der Waals surface area contributed by atoms with Gasteiger partial charge in [0, 0.05) is 37.3 Å². The summed E-state index contributed by atoms with van der Waals surface area (Å²) in [4.78, 5) is 4.56. The number of ether oxygens (including phenoxy) is 3. The molecule has 0 unspecified atom stereocenters. The third-order valence-electron chi connectivity index (χ3n) is 5.16. The summed E-state index contributed by atoms with van der Waals surface area (Å²) in [5.74, 6) is 2.50. The van der Waals surface area contributed by atoms with Crippen molar-refractivity contribution in [1.29, 1.82) is 10.5 Å². The SMILES string of the molecule is CNc1nc(SCC2COC2)c(C#N)c(-c2ccc(OC[C@H]3CCO3)cc2)c1C#N. The van der Waals surface area contributed by atoms with Crippen LogP contribution in [-0.2, 0) is 9.47 Å². The van der Waals surface area contributed by atoms with Crippen LogP contribution >= 0.6 is 11.8 Å². The molecule has 3 heterocycles. The molecular formula is C22H22N4O3S. The molecule has 0 radical (unpaired) electrons. The van der Waals surface area contributed by atoms with Gasteiger partial charge in [-0.05, 0) is 17.7 Å². The van der Waals surface area contributed by atoms with Crippen LogP contribution in [0.4, 0.5) is 5.82 Å². The fourth-order valence-electron chi connectivity index (χ4n) is 3.25. The second kappa shape index (κ2) is 9.36. The van der Waals surface area contributed by atoms with E-state index in [1.54, 1.807) is 7.05 Å².